The highest BCUT2D eigenvalue weighted by molar-refractivity contribution is 7.20. The number of imidazole rings is 1. The molecule has 2 aromatic heterocycles. The van der Waals surface area contributed by atoms with Crippen LogP contribution >= 0.6 is 11.3 Å². The number of aryl methyl sites for hydroxylation is 1. The van der Waals surface area contributed by atoms with Gasteiger partial charge >= 0.3 is 11.9 Å². The lowest BCUT2D eigenvalue weighted by Gasteiger charge is -2.11. The number of aromatic carboxylic acids is 1. The molecule has 0 saturated carbocycles. The van der Waals surface area contributed by atoms with E-state index in [1.165, 1.54) is 18.4 Å². The minimum atomic E-state index is -0.940. The zero-order chi connectivity index (χ0) is 22.7. The van der Waals surface area contributed by atoms with E-state index in [9.17, 15) is 14.7 Å². The fraction of sp³-hybridized carbons (Fsp3) is 0.240. The molecule has 0 atom stereocenters. The van der Waals surface area contributed by atoms with E-state index in [-0.39, 0.29) is 11.5 Å². The average molecular weight is 449 g/mol. The molecule has 0 aliphatic rings. The first-order valence-electron chi connectivity index (χ1n) is 10.5. The first-order valence-corrected chi connectivity index (χ1v) is 11.3. The van der Waals surface area contributed by atoms with Crippen molar-refractivity contribution >= 4 is 33.6 Å². The second-order valence-corrected chi connectivity index (χ2v) is 8.59. The highest BCUT2D eigenvalue weighted by atomic mass is 32.1. The number of carbonyl (C=O) groups is 2. The molecular formula is C25H24N2O4S. The zero-order valence-electron chi connectivity index (χ0n) is 18.0. The predicted octanol–water partition coefficient (Wildman–Crippen LogP) is 5.64. The molecule has 0 aliphatic carbocycles. The highest BCUT2D eigenvalue weighted by Gasteiger charge is 2.18. The fourth-order valence-electron chi connectivity index (χ4n) is 3.75. The van der Waals surface area contributed by atoms with Crippen LogP contribution in [0.5, 0.6) is 0 Å². The smallest absolute Gasteiger partial charge is 0.348 e. The first kappa shape index (κ1) is 21.8. The van der Waals surface area contributed by atoms with E-state index in [1.807, 2.05) is 36.4 Å². The molecular weight excluding hydrogens is 424 g/mol. The number of nitrogens with zero attached hydrogens (tertiary/aromatic N) is 2. The number of rotatable bonds is 8. The third-order valence-electron chi connectivity index (χ3n) is 5.40. The van der Waals surface area contributed by atoms with E-state index >= 15 is 0 Å². The van der Waals surface area contributed by atoms with E-state index in [0.29, 0.717) is 17.0 Å². The highest BCUT2D eigenvalue weighted by Crippen LogP contribution is 2.30. The molecule has 1 N–H and O–H groups in total. The summed E-state index contributed by atoms with van der Waals surface area (Å²) in [4.78, 5) is 29.8. The Morgan fingerprint density at radius 2 is 1.88 bits per heavy atom. The van der Waals surface area contributed by atoms with Crippen molar-refractivity contribution in [2.24, 2.45) is 0 Å². The van der Waals surface area contributed by atoms with Gasteiger partial charge in [-0.2, -0.15) is 0 Å². The molecule has 6 nitrogen and oxygen atoms in total. The minimum absolute atomic E-state index is 0.285. The van der Waals surface area contributed by atoms with E-state index in [1.54, 1.807) is 18.2 Å². The van der Waals surface area contributed by atoms with Gasteiger partial charge in [0.1, 0.15) is 21.0 Å². The monoisotopic (exact) mass is 448 g/mol. The summed E-state index contributed by atoms with van der Waals surface area (Å²) in [5, 5.41) is 9.47. The first-order chi connectivity index (χ1) is 15.5. The van der Waals surface area contributed by atoms with Crippen molar-refractivity contribution in [2.75, 3.05) is 7.11 Å². The quantitative estimate of drug-likeness (QED) is 0.353. The normalized spacial score (nSPS) is 11.1. The van der Waals surface area contributed by atoms with Crippen molar-refractivity contribution in [1.82, 2.24) is 9.55 Å². The third kappa shape index (κ3) is 4.29. The minimum Gasteiger partial charge on any atom is -0.478 e. The molecule has 2 heterocycles. The van der Waals surface area contributed by atoms with Gasteiger partial charge in [-0.15, -0.1) is 11.3 Å². The number of aromatic nitrogens is 2. The summed E-state index contributed by atoms with van der Waals surface area (Å²) < 4.78 is 7.03. The molecule has 4 rings (SSSR count). The number of carbonyl (C=O) groups excluding carboxylic acids is 1. The van der Waals surface area contributed by atoms with Crippen molar-refractivity contribution < 1.29 is 19.4 Å². The van der Waals surface area contributed by atoms with Crippen LogP contribution in [0.25, 0.3) is 21.5 Å². The molecule has 0 bridgehead atoms. The number of ether oxygens (including phenoxy) is 1. The summed E-state index contributed by atoms with van der Waals surface area (Å²) in [5.74, 6) is -0.286. The summed E-state index contributed by atoms with van der Waals surface area (Å²) in [6, 6.07) is 16.7. The molecule has 0 amide bonds. The summed E-state index contributed by atoms with van der Waals surface area (Å²) in [7, 11) is 1.38. The van der Waals surface area contributed by atoms with Crippen molar-refractivity contribution in [1.29, 1.82) is 0 Å². The summed E-state index contributed by atoms with van der Waals surface area (Å²) >= 11 is 1.40. The number of hydrogen-bond donors (Lipinski definition) is 1. The lowest BCUT2D eigenvalue weighted by atomic mass is 9.99. The van der Waals surface area contributed by atoms with Crippen LogP contribution in [-0.2, 0) is 17.7 Å². The van der Waals surface area contributed by atoms with Gasteiger partial charge in [0.05, 0.1) is 19.2 Å². The summed E-state index contributed by atoms with van der Waals surface area (Å²) in [6.07, 6.45) is 2.99. The van der Waals surface area contributed by atoms with Crippen molar-refractivity contribution in [2.45, 2.75) is 32.7 Å². The van der Waals surface area contributed by atoms with Crippen LogP contribution in [0.3, 0.4) is 0 Å². The number of carboxylic acids is 1. The van der Waals surface area contributed by atoms with Gasteiger partial charge in [0, 0.05) is 6.42 Å². The Kier molecular flexibility index (Phi) is 6.37. The van der Waals surface area contributed by atoms with Crippen LogP contribution in [-0.4, -0.2) is 33.7 Å². The Balaban J connectivity index is 1.67. The van der Waals surface area contributed by atoms with Gasteiger partial charge in [-0.3, -0.25) is 0 Å². The van der Waals surface area contributed by atoms with Crippen LogP contribution < -0.4 is 0 Å². The number of benzene rings is 2. The maximum atomic E-state index is 12.0. The largest absolute Gasteiger partial charge is 0.478 e. The number of fused-ring (bicyclic) bond motifs is 1. The number of unbranched alkanes of at least 4 members (excludes halogenated alkanes) is 1. The fourth-order valence-corrected chi connectivity index (χ4v) is 4.78. The molecule has 32 heavy (non-hydrogen) atoms. The van der Waals surface area contributed by atoms with Crippen molar-refractivity contribution in [3.8, 4) is 11.1 Å². The molecule has 4 aromatic rings. The Morgan fingerprint density at radius 3 is 2.56 bits per heavy atom. The summed E-state index contributed by atoms with van der Waals surface area (Å²) in [6.45, 7) is 2.77. The topological polar surface area (TPSA) is 81.4 Å². The maximum absolute atomic E-state index is 12.0. The van der Waals surface area contributed by atoms with E-state index < -0.39 is 5.97 Å². The van der Waals surface area contributed by atoms with Crippen molar-refractivity contribution in [3.05, 3.63) is 76.4 Å². The van der Waals surface area contributed by atoms with Crippen LogP contribution in [0.1, 0.15) is 51.2 Å². The molecule has 7 heteroatoms. The van der Waals surface area contributed by atoms with Gasteiger partial charge in [0.25, 0.3) is 0 Å². The number of esters is 1. The predicted molar refractivity (Wildman–Crippen MR) is 126 cm³/mol. The van der Waals surface area contributed by atoms with Gasteiger partial charge in [0.2, 0.25) is 0 Å². The molecule has 2 aromatic carbocycles. The second-order valence-electron chi connectivity index (χ2n) is 7.56. The van der Waals surface area contributed by atoms with E-state index in [2.05, 4.69) is 11.5 Å². The molecule has 0 saturated heterocycles. The van der Waals surface area contributed by atoms with E-state index in [0.717, 1.165) is 46.6 Å². The van der Waals surface area contributed by atoms with Crippen LogP contribution in [0.2, 0.25) is 0 Å². The van der Waals surface area contributed by atoms with Crippen molar-refractivity contribution in [3.63, 3.8) is 0 Å². The molecule has 0 unspecified atom stereocenters. The SMILES string of the molecule is CCCCc1nc2cc(C(=O)OC)sc2n1Cc1ccc(-c2ccccc2C(=O)O)cc1. The number of carboxylic acid groups (broad SMARTS) is 1. The van der Waals surface area contributed by atoms with Gasteiger partial charge in [-0.05, 0) is 35.2 Å². The van der Waals surface area contributed by atoms with Crippen LogP contribution in [0.4, 0.5) is 0 Å². The standard InChI is InChI=1S/C25H24N2O4S/c1-3-4-9-22-26-20-14-21(25(30)31-2)32-23(20)27(22)15-16-10-12-17(13-11-16)18-7-5-6-8-19(18)24(28)29/h5-8,10-14H,3-4,9,15H2,1-2H3,(H,28,29). The van der Waals surface area contributed by atoms with Gasteiger partial charge in [-0.25, -0.2) is 14.6 Å². The van der Waals surface area contributed by atoms with Gasteiger partial charge < -0.3 is 14.4 Å². The Morgan fingerprint density at radius 1 is 1.12 bits per heavy atom. The molecule has 0 radical (unpaired) electrons. The molecule has 0 fully saturated rings. The van der Waals surface area contributed by atoms with E-state index in [4.69, 9.17) is 9.72 Å². The van der Waals surface area contributed by atoms with Gasteiger partial charge in [0.15, 0.2) is 0 Å². The van der Waals surface area contributed by atoms with Gasteiger partial charge in [-0.1, -0.05) is 55.8 Å². The Bertz CT molecular complexity index is 1270. The third-order valence-corrected chi connectivity index (χ3v) is 6.53. The molecule has 0 aliphatic heterocycles. The van der Waals surface area contributed by atoms with Crippen LogP contribution in [0, 0.1) is 0 Å². The zero-order valence-corrected chi connectivity index (χ0v) is 18.8. The Hall–Kier alpha value is -3.45. The lowest BCUT2D eigenvalue weighted by Crippen LogP contribution is -2.05. The molecule has 0 spiro atoms. The van der Waals surface area contributed by atoms with Crippen LogP contribution in [0.15, 0.2) is 54.6 Å². The number of methoxy groups -OCH3 is 1. The maximum Gasteiger partial charge on any atom is 0.348 e. The second kappa shape index (κ2) is 9.36. The number of hydrogen-bond acceptors (Lipinski definition) is 5. The average Bonchev–Trinajstić information content (AvgIpc) is 3.36. The summed E-state index contributed by atoms with van der Waals surface area (Å²) in [5.41, 5.74) is 3.73. The Labute approximate surface area is 190 Å². The molecule has 164 valence electrons. The lowest BCUT2D eigenvalue weighted by molar-refractivity contribution is 0.0605. The number of thiophene rings is 1.